The van der Waals surface area contributed by atoms with Crippen molar-refractivity contribution in [2.24, 2.45) is 11.7 Å². The molecule has 2 rings (SSSR count). The summed E-state index contributed by atoms with van der Waals surface area (Å²) < 4.78 is 0. The summed E-state index contributed by atoms with van der Waals surface area (Å²) >= 11 is 0. The van der Waals surface area contributed by atoms with Crippen LogP contribution in [0.15, 0.2) is 54.6 Å². The average molecular weight is 528 g/mol. The summed E-state index contributed by atoms with van der Waals surface area (Å²) in [6.45, 7) is 3.76. The number of nitrogens with two attached hydrogens (primary N) is 1. The third-order valence-corrected chi connectivity index (χ3v) is 5.61. The molecule has 0 aliphatic carbocycles. The van der Waals surface area contributed by atoms with Crippen LogP contribution in [0.25, 0.3) is 0 Å². The Bertz CT molecular complexity index is 1120. The molecule has 38 heavy (non-hydrogen) atoms. The van der Waals surface area contributed by atoms with Crippen LogP contribution < -0.4 is 21.7 Å². The van der Waals surface area contributed by atoms with Crippen molar-refractivity contribution >= 4 is 35.1 Å². The Balaban J connectivity index is 2.18. The summed E-state index contributed by atoms with van der Waals surface area (Å²) in [7, 11) is 0. The number of carbonyl (C=O) groups is 4. The minimum Gasteiger partial charge on any atom is -0.481 e. The fourth-order valence-corrected chi connectivity index (χ4v) is 3.62. The molecule has 0 aromatic heterocycles. The van der Waals surface area contributed by atoms with E-state index in [9.17, 15) is 29.3 Å². The molecule has 0 fully saturated rings. The average Bonchev–Trinajstić information content (AvgIpc) is 2.86. The van der Waals surface area contributed by atoms with E-state index in [0.717, 1.165) is 5.56 Å². The van der Waals surface area contributed by atoms with Crippen molar-refractivity contribution in [3.05, 3.63) is 70.3 Å². The van der Waals surface area contributed by atoms with Crippen molar-refractivity contribution in [3.63, 3.8) is 0 Å². The first-order valence-electron chi connectivity index (χ1n) is 12.1. The number of non-ortho nitro benzene ring substituents is 1. The van der Waals surface area contributed by atoms with Crippen molar-refractivity contribution in [2.45, 2.75) is 57.7 Å². The smallest absolute Gasteiger partial charge is 0.303 e. The Morgan fingerprint density at radius 1 is 0.921 bits per heavy atom. The zero-order valence-electron chi connectivity index (χ0n) is 21.3. The van der Waals surface area contributed by atoms with Crippen LogP contribution in [-0.2, 0) is 25.6 Å². The largest absolute Gasteiger partial charge is 0.481 e. The molecule has 204 valence electrons. The topological polar surface area (TPSA) is 194 Å². The number of carboxylic acid groups (broad SMARTS) is 1. The van der Waals surface area contributed by atoms with Gasteiger partial charge in [-0.2, -0.15) is 0 Å². The molecule has 2 aromatic carbocycles. The Labute approximate surface area is 220 Å². The van der Waals surface area contributed by atoms with E-state index in [4.69, 9.17) is 10.8 Å². The van der Waals surface area contributed by atoms with Gasteiger partial charge in [0.15, 0.2) is 0 Å². The van der Waals surface area contributed by atoms with Gasteiger partial charge in [-0.1, -0.05) is 44.2 Å². The van der Waals surface area contributed by atoms with Gasteiger partial charge in [0.2, 0.25) is 17.7 Å². The first kappa shape index (κ1) is 29.9. The number of anilines is 1. The molecular weight excluding hydrogens is 494 g/mol. The highest BCUT2D eigenvalue weighted by Crippen LogP contribution is 2.17. The number of nitrogens with zero attached hydrogens (tertiary/aromatic N) is 1. The van der Waals surface area contributed by atoms with E-state index in [-0.39, 0.29) is 37.3 Å². The molecule has 12 nitrogen and oxygen atoms in total. The summed E-state index contributed by atoms with van der Waals surface area (Å²) in [6.07, 6.45) is -0.00497. The lowest BCUT2D eigenvalue weighted by molar-refractivity contribution is -0.384. The second kappa shape index (κ2) is 14.4. The minimum atomic E-state index is -1.13. The Morgan fingerprint density at radius 2 is 1.53 bits per heavy atom. The molecule has 0 aliphatic heterocycles. The second-order valence-corrected chi connectivity index (χ2v) is 9.27. The Morgan fingerprint density at radius 3 is 2.08 bits per heavy atom. The number of amides is 3. The quantitative estimate of drug-likeness (QED) is 0.182. The summed E-state index contributed by atoms with van der Waals surface area (Å²) in [4.78, 5) is 60.2. The normalized spacial score (nSPS) is 13.2. The lowest BCUT2D eigenvalue weighted by Crippen LogP contribution is -2.56. The fraction of sp³-hybridized carbons (Fsp3) is 0.385. The van der Waals surface area contributed by atoms with Crippen LogP contribution in [0.1, 0.15) is 38.7 Å². The molecule has 0 saturated heterocycles. The molecule has 0 heterocycles. The molecule has 2 aromatic rings. The molecule has 0 unspecified atom stereocenters. The molecule has 0 bridgehead atoms. The van der Waals surface area contributed by atoms with E-state index in [0.29, 0.717) is 5.69 Å². The van der Waals surface area contributed by atoms with E-state index in [1.54, 1.807) is 30.3 Å². The number of carbonyl (C=O) groups excluding carboxylic acids is 3. The molecular formula is C26H33N5O7. The van der Waals surface area contributed by atoms with Gasteiger partial charge >= 0.3 is 5.97 Å². The minimum absolute atomic E-state index is 0.0227. The second-order valence-electron chi connectivity index (χ2n) is 9.27. The number of carboxylic acids is 1. The Hall–Kier alpha value is -4.32. The van der Waals surface area contributed by atoms with Gasteiger partial charge < -0.3 is 26.8 Å². The van der Waals surface area contributed by atoms with Crippen molar-refractivity contribution in [3.8, 4) is 0 Å². The molecule has 12 heteroatoms. The maximum absolute atomic E-state index is 13.3. The maximum Gasteiger partial charge on any atom is 0.303 e. The highest BCUT2D eigenvalue weighted by atomic mass is 16.6. The number of rotatable bonds is 14. The van der Waals surface area contributed by atoms with E-state index < -0.39 is 46.7 Å². The fourth-order valence-electron chi connectivity index (χ4n) is 3.62. The molecule has 3 atom stereocenters. The number of nitrogens with one attached hydrogen (secondary N) is 3. The third kappa shape index (κ3) is 9.97. The van der Waals surface area contributed by atoms with Crippen molar-refractivity contribution in [1.29, 1.82) is 0 Å². The van der Waals surface area contributed by atoms with Gasteiger partial charge in [0, 0.05) is 30.7 Å². The van der Waals surface area contributed by atoms with Gasteiger partial charge in [-0.05, 0) is 36.5 Å². The van der Waals surface area contributed by atoms with Gasteiger partial charge in [-0.25, -0.2) is 0 Å². The summed E-state index contributed by atoms with van der Waals surface area (Å²) in [5.41, 5.74) is 6.77. The highest BCUT2D eigenvalue weighted by molar-refractivity contribution is 5.98. The van der Waals surface area contributed by atoms with Crippen molar-refractivity contribution in [1.82, 2.24) is 10.6 Å². The molecule has 6 N–H and O–H groups in total. The van der Waals surface area contributed by atoms with Gasteiger partial charge in [-0.15, -0.1) is 0 Å². The zero-order valence-corrected chi connectivity index (χ0v) is 21.3. The molecule has 0 saturated carbocycles. The molecule has 3 amide bonds. The number of hydrogen-bond donors (Lipinski definition) is 5. The Kier molecular flexibility index (Phi) is 11.4. The van der Waals surface area contributed by atoms with Gasteiger partial charge in [0.1, 0.15) is 12.1 Å². The van der Waals surface area contributed by atoms with E-state index in [1.165, 1.54) is 24.3 Å². The third-order valence-electron chi connectivity index (χ3n) is 5.61. The highest BCUT2D eigenvalue weighted by Gasteiger charge is 2.29. The van der Waals surface area contributed by atoms with Crippen LogP contribution in [0.5, 0.6) is 0 Å². The number of aliphatic carboxylic acids is 1. The van der Waals surface area contributed by atoms with Crippen LogP contribution in [0.4, 0.5) is 11.4 Å². The van der Waals surface area contributed by atoms with Crippen LogP contribution in [0, 0.1) is 16.0 Å². The van der Waals surface area contributed by atoms with Crippen LogP contribution in [0.2, 0.25) is 0 Å². The standard InChI is InChI=1S/C26H33N5O7/c1-16(2)14-21(25(35)28-18-8-10-19(11-9-18)31(37)38)30-26(36)22(15-17-6-4-3-5-7-17)29-24(34)20(27)12-13-23(32)33/h3-11,16,20-22H,12-15,27H2,1-2H3,(H,28,35)(H,29,34)(H,30,36)(H,32,33)/t20-,21-,22-/m0/s1. The lowest BCUT2D eigenvalue weighted by atomic mass is 10.0. The van der Waals surface area contributed by atoms with Crippen LogP contribution >= 0.6 is 0 Å². The van der Waals surface area contributed by atoms with Crippen molar-refractivity contribution in [2.75, 3.05) is 5.32 Å². The van der Waals surface area contributed by atoms with Crippen LogP contribution in [-0.4, -0.2) is 51.8 Å². The first-order chi connectivity index (χ1) is 18.0. The van der Waals surface area contributed by atoms with E-state index in [1.807, 2.05) is 13.8 Å². The zero-order chi connectivity index (χ0) is 28.2. The maximum atomic E-state index is 13.3. The van der Waals surface area contributed by atoms with E-state index in [2.05, 4.69) is 16.0 Å². The van der Waals surface area contributed by atoms with Gasteiger partial charge in [0.05, 0.1) is 11.0 Å². The predicted octanol–water partition coefficient (Wildman–Crippen LogP) is 1.98. The summed E-state index contributed by atoms with van der Waals surface area (Å²) in [5.74, 6) is -2.89. The number of benzene rings is 2. The van der Waals surface area contributed by atoms with Crippen molar-refractivity contribution < 1.29 is 29.2 Å². The van der Waals surface area contributed by atoms with Gasteiger partial charge in [-0.3, -0.25) is 29.3 Å². The number of nitro benzene ring substituents is 1. The number of nitro groups is 1. The number of hydrogen-bond acceptors (Lipinski definition) is 7. The lowest BCUT2D eigenvalue weighted by Gasteiger charge is -2.25. The summed E-state index contributed by atoms with van der Waals surface area (Å²) in [5, 5.41) is 27.7. The molecule has 0 radical (unpaired) electrons. The van der Waals surface area contributed by atoms with Crippen LogP contribution in [0.3, 0.4) is 0 Å². The molecule has 0 spiro atoms. The monoisotopic (exact) mass is 527 g/mol. The van der Waals surface area contributed by atoms with Gasteiger partial charge in [0.25, 0.3) is 5.69 Å². The van der Waals surface area contributed by atoms with E-state index >= 15 is 0 Å². The SMILES string of the molecule is CC(C)C[C@H](NC(=O)[C@H](Cc1ccccc1)NC(=O)[C@@H](N)CCC(=O)O)C(=O)Nc1ccc([N+](=O)[O-])cc1. The summed E-state index contributed by atoms with van der Waals surface area (Å²) in [6, 6.07) is 11.0. The molecule has 0 aliphatic rings. The predicted molar refractivity (Wildman–Crippen MR) is 140 cm³/mol. The first-order valence-corrected chi connectivity index (χ1v) is 12.1.